The molecule has 0 radical (unpaired) electrons. The molecule has 1 aliphatic carbocycles. The molecule has 1 aromatic carbocycles. The minimum Gasteiger partial charge on any atom is -0.396 e. The average Bonchev–Trinajstić information content (AvgIpc) is 2.39. The van der Waals surface area contributed by atoms with Gasteiger partial charge in [-0.05, 0) is 65.7 Å². The molecule has 0 atom stereocenters. The third kappa shape index (κ3) is 3.76. The Bertz CT molecular complexity index is 459. The van der Waals surface area contributed by atoms with Crippen molar-refractivity contribution in [3.05, 3.63) is 34.1 Å². The molecule has 2 N–H and O–H groups in total. The summed E-state index contributed by atoms with van der Waals surface area (Å²) in [4.78, 5) is 12.1. The highest BCUT2D eigenvalue weighted by atomic mass is 79.9. The summed E-state index contributed by atoms with van der Waals surface area (Å²) in [5, 5.41) is 12.0. The molecule has 0 heterocycles. The molecule has 104 valence electrons. The Morgan fingerprint density at radius 1 is 1.37 bits per heavy atom. The predicted molar refractivity (Wildman–Crippen MR) is 74.4 cm³/mol. The summed E-state index contributed by atoms with van der Waals surface area (Å²) in [6, 6.07) is 4.20. The smallest absolute Gasteiger partial charge is 0.252 e. The van der Waals surface area contributed by atoms with Crippen LogP contribution in [-0.2, 0) is 0 Å². The van der Waals surface area contributed by atoms with Gasteiger partial charge in [0, 0.05) is 17.1 Å². The normalized spacial score (nSPS) is 23.1. The van der Waals surface area contributed by atoms with Crippen molar-refractivity contribution in [1.82, 2.24) is 5.32 Å². The Morgan fingerprint density at radius 2 is 2.05 bits per heavy atom. The standard InChI is InChI=1S/C14H17BrFNO2/c15-13-7-10(16)3-6-12(13)14(19)17-11-4-1-9(8-18)2-5-11/h3,6-7,9,11,18H,1-2,4-5,8H2,(H,17,19). The number of amides is 1. The van der Waals surface area contributed by atoms with Gasteiger partial charge < -0.3 is 10.4 Å². The van der Waals surface area contributed by atoms with Crippen LogP contribution in [0, 0.1) is 11.7 Å². The van der Waals surface area contributed by atoms with Gasteiger partial charge in [-0.15, -0.1) is 0 Å². The van der Waals surface area contributed by atoms with Gasteiger partial charge in [0.15, 0.2) is 0 Å². The second-order valence-corrected chi connectivity index (χ2v) is 5.85. The van der Waals surface area contributed by atoms with Gasteiger partial charge in [-0.1, -0.05) is 0 Å². The summed E-state index contributed by atoms with van der Waals surface area (Å²) in [5.41, 5.74) is 0.450. The van der Waals surface area contributed by atoms with Crippen molar-refractivity contribution >= 4 is 21.8 Å². The lowest BCUT2D eigenvalue weighted by Gasteiger charge is -2.28. The number of carbonyl (C=O) groups excluding carboxylic acids is 1. The van der Waals surface area contributed by atoms with Crippen molar-refractivity contribution in [3.63, 3.8) is 0 Å². The molecule has 1 amide bonds. The van der Waals surface area contributed by atoms with Gasteiger partial charge in [-0.3, -0.25) is 4.79 Å². The molecule has 1 aromatic rings. The number of aliphatic hydroxyl groups is 1. The molecule has 0 spiro atoms. The minimum absolute atomic E-state index is 0.146. The molecule has 1 fully saturated rings. The number of hydrogen-bond donors (Lipinski definition) is 2. The van der Waals surface area contributed by atoms with Crippen LogP contribution in [0.5, 0.6) is 0 Å². The molecule has 2 rings (SSSR count). The van der Waals surface area contributed by atoms with E-state index in [1.807, 2.05) is 0 Å². The lowest BCUT2D eigenvalue weighted by molar-refractivity contribution is 0.0913. The molecule has 3 nitrogen and oxygen atoms in total. The van der Waals surface area contributed by atoms with E-state index >= 15 is 0 Å². The molecule has 0 saturated heterocycles. The molecule has 0 aromatic heterocycles. The van der Waals surface area contributed by atoms with E-state index in [-0.39, 0.29) is 24.4 Å². The molecule has 5 heteroatoms. The van der Waals surface area contributed by atoms with Crippen LogP contribution in [0.4, 0.5) is 4.39 Å². The van der Waals surface area contributed by atoms with E-state index in [2.05, 4.69) is 21.2 Å². The van der Waals surface area contributed by atoms with E-state index in [4.69, 9.17) is 5.11 Å². The summed E-state index contributed by atoms with van der Waals surface area (Å²) in [7, 11) is 0. The number of rotatable bonds is 3. The first kappa shape index (κ1) is 14.5. The van der Waals surface area contributed by atoms with Crippen molar-refractivity contribution in [2.45, 2.75) is 31.7 Å². The van der Waals surface area contributed by atoms with Gasteiger partial charge in [-0.25, -0.2) is 4.39 Å². The van der Waals surface area contributed by atoms with Crippen molar-refractivity contribution in [3.8, 4) is 0 Å². The Morgan fingerprint density at radius 3 is 2.63 bits per heavy atom. The monoisotopic (exact) mass is 329 g/mol. The van der Waals surface area contributed by atoms with E-state index in [1.165, 1.54) is 18.2 Å². The second kappa shape index (κ2) is 6.48. The molecular formula is C14H17BrFNO2. The quantitative estimate of drug-likeness (QED) is 0.895. The van der Waals surface area contributed by atoms with Crippen LogP contribution in [0.15, 0.2) is 22.7 Å². The van der Waals surface area contributed by atoms with Crippen LogP contribution in [0.25, 0.3) is 0 Å². The molecule has 1 saturated carbocycles. The highest BCUT2D eigenvalue weighted by molar-refractivity contribution is 9.10. The van der Waals surface area contributed by atoms with Gasteiger partial charge in [0.25, 0.3) is 5.91 Å². The van der Waals surface area contributed by atoms with E-state index in [0.29, 0.717) is 16.0 Å². The van der Waals surface area contributed by atoms with Crippen LogP contribution >= 0.6 is 15.9 Å². The molecule has 0 unspecified atom stereocenters. The minimum atomic E-state index is -0.369. The maximum atomic E-state index is 13.0. The zero-order chi connectivity index (χ0) is 13.8. The first-order valence-electron chi connectivity index (χ1n) is 6.47. The van der Waals surface area contributed by atoms with Gasteiger partial charge >= 0.3 is 0 Å². The van der Waals surface area contributed by atoms with E-state index < -0.39 is 0 Å². The van der Waals surface area contributed by atoms with Crippen LogP contribution in [-0.4, -0.2) is 23.7 Å². The Hall–Kier alpha value is -0.940. The largest absolute Gasteiger partial charge is 0.396 e. The topological polar surface area (TPSA) is 49.3 Å². The first-order valence-corrected chi connectivity index (χ1v) is 7.26. The zero-order valence-electron chi connectivity index (χ0n) is 10.5. The zero-order valence-corrected chi connectivity index (χ0v) is 12.1. The van der Waals surface area contributed by atoms with E-state index in [0.717, 1.165) is 25.7 Å². The number of carbonyl (C=O) groups is 1. The fraction of sp³-hybridized carbons (Fsp3) is 0.500. The summed E-state index contributed by atoms with van der Waals surface area (Å²) in [6.45, 7) is 0.226. The van der Waals surface area contributed by atoms with Crippen LogP contribution in [0.1, 0.15) is 36.0 Å². The van der Waals surface area contributed by atoms with Gasteiger partial charge in [0.1, 0.15) is 5.82 Å². The Balaban J connectivity index is 1.94. The number of nitrogens with one attached hydrogen (secondary N) is 1. The van der Waals surface area contributed by atoms with Crippen LogP contribution in [0.2, 0.25) is 0 Å². The average molecular weight is 330 g/mol. The van der Waals surface area contributed by atoms with Gasteiger partial charge in [0.05, 0.1) is 5.56 Å². The fourth-order valence-electron chi connectivity index (χ4n) is 2.43. The highest BCUT2D eigenvalue weighted by Crippen LogP contribution is 2.24. The van der Waals surface area contributed by atoms with Gasteiger partial charge in [0.2, 0.25) is 0 Å². The summed E-state index contributed by atoms with van der Waals surface area (Å²) < 4.78 is 13.4. The van der Waals surface area contributed by atoms with Crippen molar-refractivity contribution in [2.24, 2.45) is 5.92 Å². The highest BCUT2D eigenvalue weighted by Gasteiger charge is 2.22. The summed E-state index contributed by atoms with van der Waals surface area (Å²) >= 11 is 3.20. The lowest BCUT2D eigenvalue weighted by atomic mass is 9.86. The molecule has 19 heavy (non-hydrogen) atoms. The number of hydrogen-bond acceptors (Lipinski definition) is 2. The molecule has 0 bridgehead atoms. The Labute approximate surface area is 120 Å². The molecule has 1 aliphatic rings. The molecular weight excluding hydrogens is 313 g/mol. The predicted octanol–water partition coefficient (Wildman–Crippen LogP) is 2.87. The van der Waals surface area contributed by atoms with E-state index in [9.17, 15) is 9.18 Å². The van der Waals surface area contributed by atoms with Crippen LogP contribution < -0.4 is 5.32 Å². The number of halogens is 2. The first-order chi connectivity index (χ1) is 9.10. The summed E-state index contributed by atoms with van der Waals surface area (Å²) in [5.74, 6) is -0.183. The van der Waals surface area contributed by atoms with Crippen LogP contribution in [0.3, 0.4) is 0 Å². The van der Waals surface area contributed by atoms with E-state index in [1.54, 1.807) is 0 Å². The van der Waals surface area contributed by atoms with Crippen molar-refractivity contribution in [1.29, 1.82) is 0 Å². The SMILES string of the molecule is O=C(NC1CCC(CO)CC1)c1ccc(F)cc1Br. The Kier molecular flexibility index (Phi) is 4.93. The second-order valence-electron chi connectivity index (χ2n) is 5.00. The van der Waals surface area contributed by atoms with Gasteiger partial charge in [-0.2, -0.15) is 0 Å². The van der Waals surface area contributed by atoms with Crippen molar-refractivity contribution in [2.75, 3.05) is 6.61 Å². The third-order valence-electron chi connectivity index (χ3n) is 3.62. The number of aliphatic hydroxyl groups excluding tert-OH is 1. The third-order valence-corrected chi connectivity index (χ3v) is 4.27. The molecule has 0 aliphatic heterocycles. The fourth-order valence-corrected chi connectivity index (χ4v) is 2.96. The lowest BCUT2D eigenvalue weighted by Crippen LogP contribution is -2.38. The van der Waals surface area contributed by atoms with Crippen molar-refractivity contribution < 1.29 is 14.3 Å². The summed E-state index contributed by atoms with van der Waals surface area (Å²) in [6.07, 6.45) is 3.64. The maximum absolute atomic E-state index is 13.0. The maximum Gasteiger partial charge on any atom is 0.252 e. The number of benzene rings is 1.